The first kappa shape index (κ1) is 16.6. The fourth-order valence-electron chi connectivity index (χ4n) is 2.93. The maximum absolute atomic E-state index is 12.3. The van der Waals surface area contributed by atoms with Crippen molar-refractivity contribution in [2.45, 2.75) is 12.8 Å². The zero-order valence-electron chi connectivity index (χ0n) is 13.4. The average molecular weight is 334 g/mol. The Balaban J connectivity index is 1.58. The molecular weight excluding hydrogens is 312 g/mol. The third-order valence-electron chi connectivity index (χ3n) is 4.08. The van der Waals surface area contributed by atoms with Gasteiger partial charge in [-0.2, -0.15) is 0 Å². The van der Waals surface area contributed by atoms with Crippen molar-refractivity contribution in [2.24, 2.45) is 5.92 Å². The highest BCUT2D eigenvalue weighted by atomic mass is 16.5. The molecule has 3 rings (SSSR count). The summed E-state index contributed by atoms with van der Waals surface area (Å²) in [5, 5.41) is 11.5. The number of nitrogens with zero attached hydrogens (tertiary/aromatic N) is 4. The molecule has 1 aliphatic heterocycles. The van der Waals surface area contributed by atoms with Crippen LogP contribution in [0.4, 0.5) is 5.82 Å². The predicted molar refractivity (Wildman–Crippen MR) is 87.5 cm³/mol. The molecule has 2 aromatic heterocycles. The average Bonchev–Trinajstić information content (AvgIpc) is 3.10. The number of ether oxygens (including phenoxy) is 1. The number of aliphatic hydroxyl groups excluding tert-OH is 1. The molecule has 0 aliphatic carbocycles. The molecule has 0 radical (unpaired) electrons. The Morgan fingerprint density at radius 3 is 3.21 bits per heavy atom. The molecule has 3 heterocycles. The van der Waals surface area contributed by atoms with Crippen molar-refractivity contribution in [3.05, 3.63) is 12.7 Å². The van der Waals surface area contributed by atoms with Gasteiger partial charge in [-0.15, -0.1) is 0 Å². The lowest BCUT2D eigenvalue weighted by atomic mass is 9.97. The number of imidazole rings is 1. The minimum atomic E-state index is -0.0791. The number of aromatic amines is 1. The molecule has 1 amide bonds. The highest BCUT2D eigenvalue weighted by Gasteiger charge is 2.27. The number of fused-ring (bicyclic) bond motifs is 1. The van der Waals surface area contributed by atoms with Crippen molar-refractivity contribution in [1.29, 1.82) is 0 Å². The van der Waals surface area contributed by atoms with E-state index >= 15 is 0 Å². The number of piperidine rings is 1. The number of aliphatic hydroxyl groups is 1. The Morgan fingerprint density at radius 2 is 2.33 bits per heavy atom. The zero-order chi connectivity index (χ0) is 16.8. The van der Waals surface area contributed by atoms with E-state index in [0.717, 1.165) is 30.7 Å². The first-order chi connectivity index (χ1) is 11.8. The Hall–Kier alpha value is -2.26. The molecule has 3 N–H and O–H groups in total. The van der Waals surface area contributed by atoms with E-state index in [0.29, 0.717) is 32.0 Å². The Labute approximate surface area is 139 Å². The van der Waals surface area contributed by atoms with Gasteiger partial charge in [0.15, 0.2) is 11.5 Å². The Kier molecular flexibility index (Phi) is 5.55. The van der Waals surface area contributed by atoms with Gasteiger partial charge in [0.1, 0.15) is 11.8 Å². The van der Waals surface area contributed by atoms with Crippen LogP contribution in [0.5, 0.6) is 0 Å². The molecule has 1 unspecified atom stereocenters. The fraction of sp³-hybridized carbons (Fsp3) is 0.600. The van der Waals surface area contributed by atoms with Crippen LogP contribution < -0.4 is 10.2 Å². The van der Waals surface area contributed by atoms with Crippen molar-refractivity contribution >= 4 is 22.9 Å². The van der Waals surface area contributed by atoms with Crippen LogP contribution in [-0.4, -0.2) is 70.4 Å². The molecule has 0 saturated carbocycles. The lowest BCUT2D eigenvalue weighted by molar-refractivity contribution is -0.125. The molecule has 130 valence electrons. The summed E-state index contributed by atoms with van der Waals surface area (Å²) in [5.41, 5.74) is 1.43. The van der Waals surface area contributed by atoms with Crippen LogP contribution in [0, 0.1) is 5.92 Å². The smallest absolute Gasteiger partial charge is 0.224 e. The van der Waals surface area contributed by atoms with E-state index < -0.39 is 0 Å². The van der Waals surface area contributed by atoms with E-state index in [-0.39, 0.29) is 18.4 Å². The molecular formula is C15H22N6O3. The minimum Gasteiger partial charge on any atom is -0.394 e. The van der Waals surface area contributed by atoms with Crippen LogP contribution in [0.2, 0.25) is 0 Å². The highest BCUT2D eigenvalue weighted by molar-refractivity contribution is 5.84. The maximum Gasteiger partial charge on any atom is 0.224 e. The van der Waals surface area contributed by atoms with Gasteiger partial charge in [-0.05, 0) is 12.8 Å². The second-order valence-electron chi connectivity index (χ2n) is 5.71. The van der Waals surface area contributed by atoms with Crippen LogP contribution in [-0.2, 0) is 9.53 Å². The van der Waals surface area contributed by atoms with Crippen LogP contribution >= 0.6 is 0 Å². The van der Waals surface area contributed by atoms with Gasteiger partial charge in [0.25, 0.3) is 0 Å². The van der Waals surface area contributed by atoms with E-state index in [1.165, 1.54) is 6.33 Å². The van der Waals surface area contributed by atoms with Crippen LogP contribution in [0.15, 0.2) is 12.7 Å². The fourth-order valence-corrected chi connectivity index (χ4v) is 2.93. The lowest BCUT2D eigenvalue weighted by Crippen LogP contribution is -2.44. The molecule has 1 aliphatic rings. The number of rotatable bonds is 7. The first-order valence-electron chi connectivity index (χ1n) is 8.15. The quantitative estimate of drug-likeness (QED) is 0.595. The van der Waals surface area contributed by atoms with Crippen molar-refractivity contribution in [3.63, 3.8) is 0 Å². The lowest BCUT2D eigenvalue weighted by Gasteiger charge is -2.32. The van der Waals surface area contributed by atoms with Gasteiger partial charge in [-0.25, -0.2) is 15.0 Å². The van der Waals surface area contributed by atoms with Gasteiger partial charge < -0.3 is 25.0 Å². The zero-order valence-corrected chi connectivity index (χ0v) is 13.4. The van der Waals surface area contributed by atoms with Crippen LogP contribution in [0.3, 0.4) is 0 Å². The topological polar surface area (TPSA) is 116 Å². The van der Waals surface area contributed by atoms with Crippen molar-refractivity contribution in [3.8, 4) is 0 Å². The number of H-pyrrole nitrogens is 1. The number of amides is 1. The standard InChI is InChI=1S/C15H22N6O3/c22-5-7-24-6-3-16-15(23)11-2-1-4-21(8-11)14-12-13(18-9-17-12)19-10-20-14/h9-11,22H,1-8H2,(H,16,23)(H,17,18,19,20). The van der Waals surface area contributed by atoms with E-state index in [1.807, 2.05) is 0 Å². The second kappa shape index (κ2) is 8.02. The SMILES string of the molecule is O=C(NCCOCCO)C1CCCN(c2ncnc3nc[nH]c23)C1. The van der Waals surface area contributed by atoms with Crippen LogP contribution in [0.1, 0.15) is 12.8 Å². The summed E-state index contributed by atoms with van der Waals surface area (Å²) in [7, 11) is 0. The number of carbonyl (C=O) groups excluding carboxylic acids is 1. The normalized spacial score (nSPS) is 18.0. The molecule has 0 bridgehead atoms. The minimum absolute atomic E-state index is 0.00741. The number of aromatic nitrogens is 4. The molecule has 24 heavy (non-hydrogen) atoms. The van der Waals surface area contributed by atoms with Gasteiger partial charge in [-0.3, -0.25) is 4.79 Å². The Bertz CT molecular complexity index is 676. The third kappa shape index (κ3) is 3.80. The van der Waals surface area contributed by atoms with Gasteiger partial charge in [-0.1, -0.05) is 0 Å². The molecule has 9 heteroatoms. The first-order valence-corrected chi connectivity index (χ1v) is 8.15. The number of hydrogen-bond donors (Lipinski definition) is 3. The maximum atomic E-state index is 12.3. The van der Waals surface area contributed by atoms with Gasteiger partial charge in [0.05, 0.1) is 32.1 Å². The summed E-state index contributed by atoms with van der Waals surface area (Å²) in [6.07, 6.45) is 4.89. The second-order valence-corrected chi connectivity index (χ2v) is 5.71. The summed E-state index contributed by atoms with van der Waals surface area (Å²) in [4.78, 5) is 30.1. The van der Waals surface area contributed by atoms with Gasteiger partial charge >= 0.3 is 0 Å². The molecule has 9 nitrogen and oxygen atoms in total. The van der Waals surface area contributed by atoms with Crippen molar-refractivity contribution < 1.29 is 14.6 Å². The van der Waals surface area contributed by atoms with Gasteiger partial charge in [0, 0.05) is 19.6 Å². The summed E-state index contributed by atoms with van der Waals surface area (Å²) < 4.78 is 5.15. The van der Waals surface area contributed by atoms with E-state index in [9.17, 15) is 4.79 Å². The van der Waals surface area contributed by atoms with Gasteiger partial charge in [0.2, 0.25) is 5.91 Å². The Morgan fingerprint density at radius 1 is 1.42 bits per heavy atom. The molecule has 2 aromatic rings. The summed E-state index contributed by atoms with van der Waals surface area (Å²) in [5.74, 6) is 0.744. The van der Waals surface area contributed by atoms with Crippen LogP contribution in [0.25, 0.3) is 11.2 Å². The monoisotopic (exact) mass is 334 g/mol. The molecule has 0 aromatic carbocycles. The van der Waals surface area contributed by atoms with Crippen molar-refractivity contribution in [2.75, 3.05) is 44.4 Å². The number of carbonyl (C=O) groups is 1. The number of anilines is 1. The number of nitrogens with one attached hydrogen (secondary N) is 2. The molecule has 1 fully saturated rings. The van der Waals surface area contributed by atoms with E-state index in [4.69, 9.17) is 9.84 Å². The number of hydrogen-bond acceptors (Lipinski definition) is 7. The summed E-state index contributed by atoms with van der Waals surface area (Å²) in [6.45, 7) is 2.62. The third-order valence-corrected chi connectivity index (χ3v) is 4.08. The molecule has 0 spiro atoms. The molecule has 1 atom stereocenters. The summed E-state index contributed by atoms with van der Waals surface area (Å²) in [6, 6.07) is 0. The largest absolute Gasteiger partial charge is 0.394 e. The predicted octanol–water partition coefficient (Wildman–Crippen LogP) is -0.306. The summed E-state index contributed by atoms with van der Waals surface area (Å²) >= 11 is 0. The molecule has 1 saturated heterocycles. The van der Waals surface area contributed by atoms with Crippen molar-refractivity contribution in [1.82, 2.24) is 25.3 Å². The van der Waals surface area contributed by atoms with E-state index in [1.54, 1.807) is 6.33 Å². The van der Waals surface area contributed by atoms with E-state index in [2.05, 4.69) is 30.2 Å². The highest BCUT2D eigenvalue weighted by Crippen LogP contribution is 2.25.